The Hall–Kier alpha value is -1.26. The van der Waals surface area contributed by atoms with Crippen LogP contribution in [0, 0.1) is 0 Å². The number of unbranched alkanes of at least 4 members (excludes halogenated alkanes) is 1. The molecule has 0 aromatic heterocycles. The normalized spacial score (nSPS) is 15.8. The predicted molar refractivity (Wildman–Crippen MR) is 87.2 cm³/mol. The summed E-state index contributed by atoms with van der Waals surface area (Å²) in [5.41, 5.74) is 2.06. The smallest absolute Gasteiger partial charge is 0.143 e. The summed E-state index contributed by atoms with van der Waals surface area (Å²) in [4.78, 5) is 4.48. The molecule has 1 atom stereocenters. The Morgan fingerprint density at radius 2 is 2.19 bits per heavy atom. The number of benzene rings is 1. The van der Waals surface area contributed by atoms with Crippen molar-refractivity contribution in [2.24, 2.45) is 0 Å². The molecular formula is C17H28N2O2. The van der Waals surface area contributed by atoms with Crippen molar-refractivity contribution in [3.63, 3.8) is 0 Å². The van der Waals surface area contributed by atoms with Crippen molar-refractivity contribution >= 4 is 5.69 Å². The van der Waals surface area contributed by atoms with Gasteiger partial charge in [-0.1, -0.05) is 19.4 Å². The van der Waals surface area contributed by atoms with Crippen molar-refractivity contribution in [1.82, 2.24) is 4.90 Å². The number of fused-ring (bicyclic) bond motifs is 1. The fourth-order valence-electron chi connectivity index (χ4n) is 2.63. The topological polar surface area (TPSA) is 35.9 Å². The van der Waals surface area contributed by atoms with E-state index in [4.69, 9.17) is 4.74 Å². The minimum atomic E-state index is -0.421. The second-order valence-corrected chi connectivity index (χ2v) is 5.96. The van der Waals surface area contributed by atoms with E-state index in [9.17, 15) is 5.11 Å². The van der Waals surface area contributed by atoms with Gasteiger partial charge in [-0.3, -0.25) is 0 Å². The summed E-state index contributed by atoms with van der Waals surface area (Å²) in [5.74, 6) is 0.889. The van der Waals surface area contributed by atoms with Crippen LogP contribution in [0.1, 0.15) is 37.9 Å². The van der Waals surface area contributed by atoms with Crippen molar-refractivity contribution in [1.29, 1.82) is 0 Å². The summed E-state index contributed by atoms with van der Waals surface area (Å²) in [5, 5.41) is 10.4. The molecule has 1 heterocycles. The van der Waals surface area contributed by atoms with E-state index >= 15 is 0 Å². The number of hydrogen-bond donors (Lipinski definition) is 1. The monoisotopic (exact) mass is 292 g/mol. The number of aliphatic hydroxyl groups is 1. The van der Waals surface area contributed by atoms with Crippen LogP contribution in [-0.2, 0) is 0 Å². The molecular weight excluding hydrogens is 264 g/mol. The third kappa shape index (κ3) is 4.35. The van der Waals surface area contributed by atoms with Gasteiger partial charge < -0.3 is 19.6 Å². The van der Waals surface area contributed by atoms with Crippen molar-refractivity contribution in [3.05, 3.63) is 23.8 Å². The molecule has 1 aliphatic heterocycles. The molecule has 0 radical (unpaired) electrons. The summed E-state index contributed by atoms with van der Waals surface area (Å²) in [6.45, 7) is 5.84. The lowest BCUT2D eigenvalue weighted by atomic mass is 10.0. The summed E-state index contributed by atoms with van der Waals surface area (Å²) < 4.78 is 5.70. The van der Waals surface area contributed by atoms with Gasteiger partial charge in [-0.05, 0) is 44.1 Å². The summed E-state index contributed by atoms with van der Waals surface area (Å²) in [6.07, 6.45) is 2.76. The highest BCUT2D eigenvalue weighted by Gasteiger charge is 2.17. The molecule has 0 fully saturated rings. The molecule has 1 aliphatic rings. The molecule has 118 valence electrons. The van der Waals surface area contributed by atoms with Gasteiger partial charge in [-0.2, -0.15) is 0 Å². The zero-order valence-corrected chi connectivity index (χ0v) is 13.5. The van der Waals surface area contributed by atoms with E-state index < -0.39 is 6.10 Å². The molecule has 21 heavy (non-hydrogen) atoms. The Balaban J connectivity index is 1.92. The molecule has 0 aliphatic carbocycles. The second kappa shape index (κ2) is 7.66. The van der Waals surface area contributed by atoms with Crippen LogP contribution < -0.4 is 9.64 Å². The van der Waals surface area contributed by atoms with Gasteiger partial charge in [0.1, 0.15) is 12.4 Å². The summed E-state index contributed by atoms with van der Waals surface area (Å²) in [6, 6.07) is 6.05. The third-order valence-corrected chi connectivity index (χ3v) is 4.14. The minimum absolute atomic E-state index is 0.421. The number of likely N-dealkylation sites (N-methyl/N-ethyl adjacent to an activating group) is 1. The Morgan fingerprint density at radius 1 is 1.38 bits per heavy atom. The van der Waals surface area contributed by atoms with Gasteiger partial charge in [-0.15, -0.1) is 0 Å². The van der Waals surface area contributed by atoms with Gasteiger partial charge in [0.2, 0.25) is 0 Å². The van der Waals surface area contributed by atoms with Crippen molar-refractivity contribution in [3.8, 4) is 5.75 Å². The number of aliphatic hydroxyl groups excluding tert-OH is 1. The molecule has 0 spiro atoms. The molecule has 0 saturated heterocycles. The molecule has 2 rings (SSSR count). The van der Waals surface area contributed by atoms with Crippen LogP contribution in [0.25, 0.3) is 0 Å². The first-order valence-electron chi connectivity index (χ1n) is 7.96. The van der Waals surface area contributed by atoms with Crippen LogP contribution in [0.2, 0.25) is 0 Å². The first-order chi connectivity index (χ1) is 10.1. The zero-order chi connectivity index (χ0) is 15.2. The van der Waals surface area contributed by atoms with Gasteiger partial charge >= 0.3 is 0 Å². The van der Waals surface area contributed by atoms with Crippen molar-refractivity contribution < 1.29 is 9.84 Å². The predicted octanol–water partition coefficient (Wildman–Crippen LogP) is 2.67. The molecule has 1 aromatic carbocycles. The second-order valence-electron chi connectivity index (χ2n) is 5.96. The van der Waals surface area contributed by atoms with Crippen LogP contribution in [0.4, 0.5) is 5.69 Å². The van der Waals surface area contributed by atoms with E-state index in [2.05, 4.69) is 30.8 Å². The zero-order valence-electron chi connectivity index (χ0n) is 13.5. The quantitative estimate of drug-likeness (QED) is 0.838. The standard InChI is InChI=1S/C17H28N2O2/c1-4-5-9-18(2)10-8-16(20)14-6-7-15-17(13-14)21-12-11-19(15)3/h6-7,13,16,20H,4-5,8-12H2,1-3H3. The van der Waals surface area contributed by atoms with Gasteiger partial charge in [0.05, 0.1) is 18.3 Å². The lowest BCUT2D eigenvalue weighted by Crippen LogP contribution is -2.28. The molecule has 0 amide bonds. The lowest BCUT2D eigenvalue weighted by Gasteiger charge is -2.28. The van der Waals surface area contributed by atoms with E-state index in [0.717, 1.165) is 43.1 Å². The minimum Gasteiger partial charge on any atom is -0.490 e. The summed E-state index contributed by atoms with van der Waals surface area (Å²) in [7, 11) is 4.19. The van der Waals surface area contributed by atoms with Crippen LogP contribution in [-0.4, -0.2) is 50.3 Å². The fraction of sp³-hybridized carbons (Fsp3) is 0.647. The van der Waals surface area contributed by atoms with Gasteiger partial charge in [0, 0.05) is 13.6 Å². The number of ether oxygens (including phenoxy) is 1. The first kappa shape index (κ1) is 16.1. The Bertz CT molecular complexity index is 450. The van der Waals surface area contributed by atoms with Crippen molar-refractivity contribution in [2.45, 2.75) is 32.3 Å². The highest BCUT2D eigenvalue weighted by molar-refractivity contribution is 5.60. The lowest BCUT2D eigenvalue weighted by molar-refractivity contribution is 0.148. The highest BCUT2D eigenvalue weighted by atomic mass is 16.5. The van der Waals surface area contributed by atoms with E-state index in [0.29, 0.717) is 6.61 Å². The average molecular weight is 292 g/mol. The van der Waals surface area contributed by atoms with Gasteiger partial charge in [-0.25, -0.2) is 0 Å². The maximum absolute atomic E-state index is 10.4. The molecule has 0 bridgehead atoms. The van der Waals surface area contributed by atoms with Crippen LogP contribution in [0.15, 0.2) is 18.2 Å². The number of hydrogen-bond acceptors (Lipinski definition) is 4. The van der Waals surface area contributed by atoms with Crippen molar-refractivity contribution in [2.75, 3.05) is 45.2 Å². The van der Waals surface area contributed by atoms with Crippen LogP contribution in [0.3, 0.4) is 0 Å². The van der Waals surface area contributed by atoms with E-state index in [1.54, 1.807) is 0 Å². The van der Waals surface area contributed by atoms with Crippen LogP contribution in [0.5, 0.6) is 5.75 Å². The van der Waals surface area contributed by atoms with Crippen LogP contribution >= 0.6 is 0 Å². The summed E-state index contributed by atoms with van der Waals surface area (Å²) >= 11 is 0. The molecule has 1 N–H and O–H groups in total. The van der Waals surface area contributed by atoms with E-state index in [1.165, 1.54) is 12.8 Å². The largest absolute Gasteiger partial charge is 0.490 e. The molecule has 1 aromatic rings. The van der Waals surface area contributed by atoms with E-state index in [-0.39, 0.29) is 0 Å². The Morgan fingerprint density at radius 3 is 2.95 bits per heavy atom. The fourth-order valence-corrected chi connectivity index (χ4v) is 2.63. The first-order valence-corrected chi connectivity index (χ1v) is 7.96. The number of nitrogens with zero attached hydrogens (tertiary/aromatic N) is 2. The Kier molecular flexibility index (Phi) is 5.88. The maximum Gasteiger partial charge on any atom is 0.143 e. The molecule has 4 heteroatoms. The SMILES string of the molecule is CCCCN(C)CCC(O)c1ccc2c(c1)OCCN2C. The highest BCUT2D eigenvalue weighted by Crippen LogP contribution is 2.33. The van der Waals surface area contributed by atoms with Gasteiger partial charge in [0.15, 0.2) is 0 Å². The number of rotatable bonds is 7. The maximum atomic E-state index is 10.4. The number of anilines is 1. The van der Waals surface area contributed by atoms with Gasteiger partial charge in [0.25, 0.3) is 0 Å². The molecule has 0 saturated carbocycles. The van der Waals surface area contributed by atoms with E-state index in [1.807, 2.05) is 18.2 Å². The molecule has 4 nitrogen and oxygen atoms in total. The average Bonchev–Trinajstić information content (AvgIpc) is 2.50. The molecule has 1 unspecified atom stereocenters. The third-order valence-electron chi connectivity index (χ3n) is 4.14. The Labute approximate surface area is 128 Å².